The number of thioether (sulfide) groups is 1. The van der Waals surface area contributed by atoms with Crippen LogP contribution in [0.3, 0.4) is 0 Å². The van der Waals surface area contributed by atoms with Crippen molar-refractivity contribution in [2.24, 2.45) is 0 Å². The molecule has 0 radical (unpaired) electrons. The van der Waals surface area contributed by atoms with Gasteiger partial charge in [0.2, 0.25) is 10.0 Å². The van der Waals surface area contributed by atoms with Crippen molar-refractivity contribution in [1.82, 2.24) is 4.31 Å². The van der Waals surface area contributed by atoms with Gasteiger partial charge in [-0.05, 0) is 6.92 Å². The Morgan fingerprint density at radius 2 is 2.13 bits per heavy atom. The number of rotatable bonds is 3. The summed E-state index contributed by atoms with van der Waals surface area (Å²) in [4.78, 5) is 10.4. The molecular weight excluding hydrogens is 238 g/mol. The monoisotopic (exact) mass is 253 g/mol. The summed E-state index contributed by atoms with van der Waals surface area (Å²) in [6.45, 7) is 4.18. The number of aliphatic carboxylic acids is 1. The Hall–Kier alpha value is -0.270. The van der Waals surface area contributed by atoms with E-state index in [4.69, 9.17) is 5.11 Å². The number of hydrogen-bond acceptors (Lipinski definition) is 4. The van der Waals surface area contributed by atoms with E-state index in [9.17, 15) is 13.2 Å². The Morgan fingerprint density at radius 1 is 1.53 bits per heavy atom. The molecule has 1 aliphatic rings. The van der Waals surface area contributed by atoms with E-state index in [0.717, 1.165) is 5.75 Å². The molecule has 15 heavy (non-hydrogen) atoms. The molecule has 1 rings (SSSR count). The largest absolute Gasteiger partial charge is 0.480 e. The predicted octanol–water partition coefficient (Wildman–Crippen LogP) is 0.227. The van der Waals surface area contributed by atoms with Gasteiger partial charge in [-0.25, -0.2) is 8.42 Å². The fraction of sp³-hybridized carbons (Fsp3) is 0.875. The van der Waals surface area contributed by atoms with E-state index in [1.54, 1.807) is 11.8 Å². The van der Waals surface area contributed by atoms with Crippen LogP contribution in [0.25, 0.3) is 0 Å². The van der Waals surface area contributed by atoms with E-state index in [2.05, 4.69) is 0 Å². The van der Waals surface area contributed by atoms with Gasteiger partial charge in [0.05, 0.1) is 0 Å². The summed E-state index contributed by atoms with van der Waals surface area (Å²) in [5, 5.41) is 8.73. The summed E-state index contributed by atoms with van der Waals surface area (Å²) >= 11 is 1.71. The summed E-state index contributed by atoms with van der Waals surface area (Å²) in [7, 11) is -3.64. The lowest BCUT2D eigenvalue weighted by Gasteiger charge is -2.35. The van der Waals surface area contributed by atoms with Crippen molar-refractivity contribution < 1.29 is 18.3 Å². The van der Waals surface area contributed by atoms with Gasteiger partial charge < -0.3 is 5.11 Å². The maximum Gasteiger partial charge on any atom is 0.320 e. The number of carbonyl (C=O) groups is 1. The highest BCUT2D eigenvalue weighted by Crippen LogP contribution is 2.26. The van der Waals surface area contributed by atoms with Crippen LogP contribution in [0.4, 0.5) is 0 Å². The minimum Gasteiger partial charge on any atom is -0.480 e. The molecule has 1 fully saturated rings. The highest BCUT2D eigenvalue weighted by Gasteiger charge is 2.34. The van der Waals surface area contributed by atoms with E-state index in [-0.39, 0.29) is 11.3 Å². The summed E-state index contributed by atoms with van der Waals surface area (Å²) in [6, 6.07) is -0.131. The van der Waals surface area contributed by atoms with Crippen LogP contribution in [0, 0.1) is 0 Å². The second-order valence-electron chi connectivity index (χ2n) is 3.58. The van der Waals surface area contributed by atoms with E-state index in [1.165, 1.54) is 4.31 Å². The van der Waals surface area contributed by atoms with Crippen molar-refractivity contribution in [2.45, 2.75) is 25.1 Å². The summed E-state index contributed by atoms with van der Waals surface area (Å²) in [5.74, 6) is -1.38. The topological polar surface area (TPSA) is 74.7 Å². The number of sulfonamides is 1. The van der Waals surface area contributed by atoms with Crippen LogP contribution >= 0.6 is 11.8 Å². The first-order valence-corrected chi connectivity index (χ1v) is 7.33. The second kappa shape index (κ2) is 4.71. The zero-order valence-electron chi connectivity index (χ0n) is 8.71. The average molecular weight is 253 g/mol. The van der Waals surface area contributed by atoms with Crippen molar-refractivity contribution in [1.29, 1.82) is 0 Å². The van der Waals surface area contributed by atoms with Gasteiger partial charge >= 0.3 is 5.97 Å². The lowest BCUT2D eigenvalue weighted by Crippen LogP contribution is -2.49. The number of carboxylic acids is 1. The molecule has 0 aromatic carbocycles. The van der Waals surface area contributed by atoms with Gasteiger partial charge in [0.1, 0.15) is 0 Å². The van der Waals surface area contributed by atoms with Gasteiger partial charge in [-0.15, -0.1) is 0 Å². The van der Waals surface area contributed by atoms with Gasteiger partial charge in [-0.2, -0.15) is 16.1 Å². The van der Waals surface area contributed by atoms with Gasteiger partial charge in [-0.1, -0.05) is 6.92 Å². The molecular formula is C8H15NO4S2. The minimum absolute atomic E-state index is 0.131. The van der Waals surface area contributed by atoms with E-state index < -0.39 is 21.7 Å². The standard InChI is InChI=1S/C8H15NO4S2/c1-6-7(2)14-4-3-9(6)15(12,13)5-8(10)11/h6-7H,3-5H2,1-2H3,(H,10,11). The molecule has 0 aromatic rings. The van der Waals surface area contributed by atoms with Gasteiger partial charge in [0.15, 0.2) is 5.75 Å². The fourth-order valence-electron chi connectivity index (χ4n) is 1.54. The Morgan fingerprint density at radius 3 is 2.67 bits per heavy atom. The molecule has 0 aromatic heterocycles. The zero-order valence-corrected chi connectivity index (χ0v) is 10.3. The van der Waals surface area contributed by atoms with Crippen molar-refractivity contribution in [3.63, 3.8) is 0 Å². The molecule has 0 spiro atoms. The zero-order chi connectivity index (χ0) is 11.6. The highest BCUT2D eigenvalue weighted by atomic mass is 32.2. The Balaban J connectivity index is 2.82. The molecule has 0 saturated carbocycles. The van der Waals surface area contributed by atoms with Crippen LogP contribution in [-0.4, -0.2) is 53.1 Å². The van der Waals surface area contributed by atoms with Crippen LogP contribution in [0.1, 0.15) is 13.8 Å². The van der Waals surface area contributed by atoms with Crippen molar-refractivity contribution in [3.05, 3.63) is 0 Å². The quantitative estimate of drug-likeness (QED) is 0.779. The van der Waals surface area contributed by atoms with Crippen LogP contribution < -0.4 is 0 Å². The van der Waals surface area contributed by atoms with Crippen molar-refractivity contribution in [3.8, 4) is 0 Å². The lowest BCUT2D eigenvalue weighted by atomic mass is 10.2. The first kappa shape index (κ1) is 12.8. The molecule has 0 aliphatic carbocycles. The maximum absolute atomic E-state index is 11.7. The molecule has 1 saturated heterocycles. The first-order chi connectivity index (χ1) is 6.84. The molecule has 2 unspecified atom stereocenters. The maximum atomic E-state index is 11.7. The summed E-state index contributed by atoms with van der Waals surface area (Å²) < 4.78 is 24.7. The van der Waals surface area contributed by atoms with E-state index >= 15 is 0 Å². The van der Waals surface area contributed by atoms with Crippen LogP contribution in [-0.2, 0) is 14.8 Å². The third-order valence-electron chi connectivity index (χ3n) is 2.49. The Kier molecular flexibility index (Phi) is 4.02. The van der Waals surface area contributed by atoms with Gasteiger partial charge in [0, 0.05) is 23.6 Å². The highest BCUT2D eigenvalue weighted by molar-refractivity contribution is 8.00. The van der Waals surface area contributed by atoms with E-state index in [1.807, 2.05) is 13.8 Å². The molecule has 7 heteroatoms. The van der Waals surface area contributed by atoms with Crippen LogP contribution in [0.15, 0.2) is 0 Å². The normalized spacial score (nSPS) is 28.9. The number of nitrogens with zero attached hydrogens (tertiary/aromatic N) is 1. The minimum atomic E-state index is -3.64. The summed E-state index contributed by atoms with van der Waals surface area (Å²) in [6.07, 6.45) is 0. The van der Waals surface area contributed by atoms with Crippen LogP contribution in [0.5, 0.6) is 0 Å². The molecule has 88 valence electrons. The number of carboxylic acid groups (broad SMARTS) is 1. The van der Waals surface area contributed by atoms with Crippen LogP contribution in [0.2, 0.25) is 0 Å². The predicted molar refractivity (Wildman–Crippen MR) is 59.5 cm³/mol. The third-order valence-corrected chi connectivity index (χ3v) is 5.67. The third kappa shape index (κ3) is 3.09. The average Bonchev–Trinajstić information content (AvgIpc) is 2.07. The molecule has 2 atom stereocenters. The van der Waals surface area contributed by atoms with Gasteiger partial charge in [0.25, 0.3) is 0 Å². The molecule has 1 N–H and O–H groups in total. The van der Waals surface area contributed by atoms with Crippen molar-refractivity contribution in [2.75, 3.05) is 18.1 Å². The first-order valence-electron chi connectivity index (χ1n) is 4.67. The second-order valence-corrected chi connectivity index (χ2v) is 6.98. The van der Waals surface area contributed by atoms with Gasteiger partial charge in [-0.3, -0.25) is 4.79 Å². The smallest absolute Gasteiger partial charge is 0.320 e. The lowest BCUT2D eigenvalue weighted by molar-refractivity contribution is -0.134. The SMILES string of the molecule is CC1SCCN(S(=O)(=O)CC(=O)O)C1C. The van der Waals surface area contributed by atoms with Crippen molar-refractivity contribution >= 4 is 27.8 Å². The molecule has 1 heterocycles. The molecule has 1 aliphatic heterocycles. The molecule has 0 bridgehead atoms. The van der Waals surface area contributed by atoms with E-state index in [0.29, 0.717) is 6.54 Å². The summed E-state index contributed by atoms with van der Waals surface area (Å²) in [5.41, 5.74) is 0. The number of hydrogen-bond donors (Lipinski definition) is 1. The molecule has 5 nitrogen and oxygen atoms in total. The molecule has 0 amide bonds. The Labute approximate surface area is 93.9 Å². The fourth-order valence-corrected chi connectivity index (χ4v) is 4.37. The Bertz CT molecular complexity index is 341.